The van der Waals surface area contributed by atoms with Gasteiger partial charge in [0.25, 0.3) is 10.1 Å². The molecule has 5 heteroatoms. The molecule has 0 radical (unpaired) electrons. The molecular weight excluding hydrogens is 384 g/mol. The van der Waals surface area contributed by atoms with Crippen molar-refractivity contribution in [2.45, 2.75) is 147 Å². The molecule has 0 aromatic rings. The molecular formula is C24H50O4S. The van der Waals surface area contributed by atoms with Crippen LogP contribution in [0.2, 0.25) is 0 Å². The number of aliphatic hydroxyl groups is 1. The quantitative estimate of drug-likeness (QED) is 0.129. The van der Waals surface area contributed by atoms with E-state index in [0.717, 1.165) is 38.5 Å². The third-order valence-electron chi connectivity index (χ3n) is 5.99. The topological polar surface area (TPSA) is 74.6 Å². The molecule has 0 bridgehead atoms. The van der Waals surface area contributed by atoms with Gasteiger partial charge < -0.3 is 5.11 Å². The van der Waals surface area contributed by atoms with Crippen molar-refractivity contribution in [3.05, 3.63) is 0 Å². The molecule has 1 unspecified atom stereocenters. The molecule has 0 saturated carbocycles. The Morgan fingerprint density at radius 2 is 0.862 bits per heavy atom. The number of aliphatic hydroxyl groups excluding tert-OH is 1. The van der Waals surface area contributed by atoms with Crippen molar-refractivity contribution < 1.29 is 18.1 Å². The molecule has 29 heavy (non-hydrogen) atoms. The second kappa shape index (κ2) is 21.1. The van der Waals surface area contributed by atoms with Gasteiger partial charge in [-0.05, 0) is 19.3 Å². The Bertz CT molecular complexity index is 423. The number of hydrogen-bond acceptors (Lipinski definition) is 3. The monoisotopic (exact) mass is 434 g/mol. The Morgan fingerprint density at radius 3 is 1.17 bits per heavy atom. The molecule has 0 aliphatic heterocycles. The van der Waals surface area contributed by atoms with Crippen molar-refractivity contribution in [3.8, 4) is 0 Å². The summed E-state index contributed by atoms with van der Waals surface area (Å²) >= 11 is 0. The normalized spacial score (nSPS) is 13.1. The summed E-state index contributed by atoms with van der Waals surface area (Å²) in [6.07, 6.45) is 24.2. The van der Waals surface area contributed by atoms with Gasteiger partial charge in [0.2, 0.25) is 0 Å². The van der Waals surface area contributed by atoms with E-state index in [-0.39, 0.29) is 0 Å². The molecule has 0 fully saturated rings. The van der Waals surface area contributed by atoms with Crippen LogP contribution in [0.25, 0.3) is 0 Å². The number of rotatable bonds is 23. The summed E-state index contributed by atoms with van der Waals surface area (Å²) in [6.45, 7) is 2.44. The van der Waals surface area contributed by atoms with Crippen LogP contribution >= 0.6 is 0 Å². The lowest BCUT2D eigenvalue weighted by Crippen LogP contribution is -2.20. The lowest BCUT2D eigenvalue weighted by molar-refractivity contribution is 0.282. The van der Waals surface area contributed by atoms with Gasteiger partial charge in [-0.15, -0.1) is 0 Å². The summed E-state index contributed by atoms with van der Waals surface area (Å²) in [5, 5.41) is 8.19. The molecule has 0 amide bonds. The predicted octanol–water partition coefficient (Wildman–Crippen LogP) is 7.45. The third kappa shape index (κ3) is 20.9. The maximum atomic E-state index is 11.5. The first kappa shape index (κ1) is 28.9. The summed E-state index contributed by atoms with van der Waals surface area (Å²) in [5.41, 5.74) is 0. The highest BCUT2D eigenvalue weighted by atomic mass is 32.2. The minimum atomic E-state index is -3.88. The van der Waals surface area contributed by atoms with E-state index < -0.39 is 15.4 Å². The van der Waals surface area contributed by atoms with Gasteiger partial charge in [0.05, 0.1) is 5.25 Å². The van der Waals surface area contributed by atoms with Crippen molar-refractivity contribution in [1.29, 1.82) is 0 Å². The molecule has 0 rings (SSSR count). The van der Waals surface area contributed by atoms with Crippen LogP contribution in [-0.2, 0) is 10.1 Å². The summed E-state index contributed by atoms with van der Waals surface area (Å²) in [4.78, 5) is 0. The second-order valence-corrected chi connectivity index (χ2v) is 10.5. The molecule has 1 atom stereocenters. The second-order valence-electron chi connectivity index (χ2n) is 8.80. The Hall–Kier alpha value is -0.130. The maximum Gasteiger partial charge on any atom is 0.267 e. The van der Waals surface area contributed by atoms with Crippen LogP contribution in [0.3, 0.4) is 0 Å². The number of hydrogen-bond donors (Lipinski definition) is 2. The van der Waals surface area contributed by atoms with Crippen LogP contribution < -0.4 is 0 Å². The van der Waals surface area contributed by atoms with E-state index in [1.54, 1.807) is 0 Å². The summed E-state index contributed by atoms with van der Waals surface area (Å²) in [6, 6.07) is 0. The SMILES string of the molecule is CCCCCC(CCCCCCCCCCCCCCCCCCO)S(=O)(=O)O. The molecule has 2 N–H and O–H groups in total. The van der Waals surface area contributed by atoms with Crippen LogP contribution in [-0.4, -0.2) is 29.9 Å². The lowest BCUT2D eigenvalue weighted by Gasteiger charge is -2.13. The van der Waals surface area contributed by atoms with Crippen LogP contribution in [0.5, 0.6) is 0 Å². The van der Waals surface area contributed by atoms with Crippen molar-refractivity contribution in [3.63, 3.8) is 0 Å². The van der Waals surface area contributed by atoms with Crippen LogP contribution in [0, 0.1) is 0 Å². The van der Waals surface area contributed by atoms with Crippen LogP contribution in [0.15, 0.2) is 0 Å². The van der Waals surface area contributed by atoms with Crippen molar-refractivity contribution in [2.75, 3.05) is 6.61 Å². The summed E-state index contributed by atoms with van der Waals surface area (Å²) < 4.78 is 32.3. The summed E-state index contributed by atoms with van der Waals surface area (Å²) in [7, 11) is -3.88. The molecule has 0 aromatic carbocycles. The van der Waals surface area contributed by atoms with E-state index >= 15 is 0 Å². The fraction of sp³-hybridized carbons (Fsp3) is 1.00. The smallest absolute Gasteiger partial charge is 0.267 e. The molecule has 0 heterocycles. The van der Waals surface area contributed by atoms with E-state index in [0.29, 0.717) is 19.4 Å². The Balaban J connectivity index is 3.37. The predicted molar refractivity (Wildman–Crippen MR) is 125 cm³/mol. The largest absolute Gasteiger partial charge is 0.396 e. The standard InChI is InChI=1S/C24H50O4S/c1-2-3-18-21-24(29(26,27)28)22-19-16-14-12-10-8-6-4-5-7-9-11-13-15-17-20-23-25/h24-25H,2-23H2,1H3,(H,26,27,28). The van der Waals surface area contributed by atoms with E-state index in [1.165, 1.54) is 83.5 Å². The molecule has 0 saturated heterocycles. The van der Waals surface area contributed by atoms with Gasteiger partial charge in [0, 0.05) is 6.61 Å². The van der Waals surface area contributed by atoms with Crippen LogP contribution in [0.1, 0.15) is 142 Å². The average Bonchev–Trinajstić information content (AvgIpc) is 2.68. The van der Waals surface area contributed by atoms with Crippen molar-refractivity contribution >= 4 is 10.1 Å². The summed E-state index contributed by atoms with van der Waals surface area (Å²) in [5.74, 6) is 0. The fourth-order valence-electron chi connectivity index (χ4n) is 4.02. The van der Waals surface area contributed by atoms with E-state index in [1.807, 2.05) is 0 Å². The number of unbranched alkanes of at least 4 members (excludes halogenated alkanes) is 17. The highest BCUT2D eigenvalue weighted by molar-refractivity contribution is 7.86. The molecule has 0 aliphatic carbocycles. The van der Waals surface area contributed by atoms with Crippen LogP contribution in [0.4, 0.5) is 0 Å². The van der Waals surface area contributed by atoms with Gasteiger partial charge in [-0.25, -0.2) is 0 Å². The Kier molecular flexibility index (Phi) is 21.0. The van der Waals surface area contributed by atoms with Gasteiger partial charge in [0.1, 0.15) is 0 Å². The molecule has 0 aromatic heterocycles. The minimum absolute atomic E-state index is 0.341. The van der Waals surface area contributed by atoms with Gasteiger partial charge in [-0.3, -0.25) is 4.55 Å². The minimum Gasteiger partial charge on any atom is -0.396 e. The zero-order valence-electron chi connectivity index (χ0n) is 19.3. The molecule has 0 spiro atoms. The zero-order valence-corrected chi connectivity index (χ0v) is 20.1. The fourth-order valence-corrected chi connectivity index (χ4v) is 4.95. The Labute approximate surface area is 182 Å². The van der Waals surface area contributed by atoms with E-state index in [4.69, 9.17) is 5.11 Å². The van der Waals surface area contributed by atoms with Gasteiger partial charge in [-0.2, -0.15) is 8.42 Å². The Morgan fingerprint density at radius 1 is 0.552 bits per heavy atom. The van der Waals surface area contributed by atoms with Gasteiger partial charge >= 0.3 is 0 Å². The van der Waals surface area contributed by atoms with E-state index in [2.05, 4.69) is 6.92 Å². The highest BCUT2D eigenvalue weighted by Gasteiger charge is 2.21. The van der Waals surface area contributed by atoms with Gasteiger partial charge in [-0.1, -0.05) is 122 Å². The van der Waals surface area contributed by atoms with Crippen molar-refractivity contribution in [1.82, 2.24) is 0 Å². The lowest BCUT2D eigenvalue weighted by atomic mass is 10.0. The molecule has 4 nitrogen and oxygen atoms in total. The van der Waals surface area contributed by atoms with E-state index in [9.17, 15) is 13.0 Å². The first-order valence-electron chi connectivity index (χ1n) is 12.6. The van der Waals surface area contributed by atoms with Crippen molar-refractivity contribution in [2.24, 2.45) is 0 Å². The molecule has 0 aliphatic rings. The maximum absolute atomic E-state index is 11.5. The first-order chi connectivity index (χ1) is 14.0. The average molecular weight is 435 g/mol. The third-order valence-corrected chi connectivity index (χ3v) is 7.30. The van der Waals surface area contributed by atoms with Gasteiger partial charge in [0.15, 0.2) is 0 Å². The first-order valence-corrected chi connectivity index (χ1v) is 14.1. The molecule has 176 valence electrons. The zero-order chi connectivity index (χ0) is 21.6. The highest BCUT2D eigenvalue weighted by Crippen LogP contribution is 2.19.